The minimum Gasteiger partial charge on any atom is -0.490 e. The van der Waals surface area contributed by atoms with Crippen molar-refractivity contribution in [2.75, 3.05) is 20.3 Å². The van der Waals surface area contributed by atoms with Crippen LogP contribution < -0.4 is 14.8 Å². The summed E-state index contributed by atoms with van der Waals surface area (Å²) in [4.78, 5) is 11.5. The Kier molecular flexibility index (Phi) is 5.25. The zero-order valence-electron chi connectivity index (χ0n) is 11.6. The van der Waals surface area contributed by atoms with Crippen LogP contribution >= 0.6 is 15.9 Å². The molecule has 1 aliphatic heterocycles. The summed E-state index contributed by atoms with van der Waals surface area (Å²) in [5, 5.41) is 3.09. The molecule has 0 spiro atoms. The molecule has 1 atom stereocenters. The number of nitrogens with one attached hydrogen (secondary N) is 1. The lowest BCUT2D eigenvalue weighted by Gasteiger charge is -2.17. The van der Waals surface area contributed by atoms with Gasteiger partial charge in [0.2, 0.25) is 0 Å². The number of ether oxygens (including phenoxy) is 3. The first-order chi connectivity index (χ1) is 9.65. The first-order valence-electron chi connectivity index (χ1n) is 6.58. The molecule has 1 unspecified atom stereocenters. The Balaban J connectivity index is 2.27. The first kappa shape index (κ1) is 15.1. The lowest BCUT2D eigenvalue weighted by molar-refractivity contribution is -0.143. The second-order valence-corrected chi connectivity index (χ2v) is 5.29. The number of cyclic esters (lactones) is 1. The van der Waals surface area contributed by atoms with Gasteiger partial charge in [0.1, 0.15) is 0 Å². The maximum absolute atomic E-state index is 11.5. The molecule has 1 aromatic rings. The second kappa shape index (κ2) is 6.95. The van der Waals surface area contributed by atoms with E-state index in [0.717, 1.165) is 16.6 Å². The predicted octanol–water partition coefficient (Wildman–Crippen LogP) is 2.26. The van der Waals surface area contributed by atoms with Gasteiger partial charge in [-0.25, -0.2) is 4.79 Å². The van der Waals surface area contributed by atoms with Crippen molar-refractivity contribution in [1.29, 1.82) is 0 Å². The largest absolute Gasteiger partial charge is 0.490 e. The maximum atomic E-state index is 11.5. The Morgan fingerprint density at radius 1 is 1.50 bits per heavy atom. The van der Waals surface area contributed by atoms with Crippen molar-refractivity contribution < 1.29 is 19.0 Å². The lowest BCUT2D eigenvalue weighted by atomic mass is 10.2. The van der Waals surface area contributed by atoms with Crippen LogP contribution in [0.4, 0.5) is 0 Å². The van der Waals surface area contributed by atoms with E-state index in [1.54, 1.807) is 0 Å². The Labute approximate surface area is 126 Å². The van der Waals surface area contributed by atoms with Crippen molar-refractivity contribution in [1.82, 2.24) is 5.32 Å². The molecule has 0 aliphatic carbocycles. The summed E-state index contributed by atoms with van der Waals surface area (Å²) >= 11 is 3.48. The molecule has 6 heteroatoms. The standard InChI is InChI=1S/C14H18BrNO4/c1-3-18-12-7-9(8-16-2)6-10(15)13(12)20-11-4-5-19-14(11)17/h6-7,11,16H,3-5,8H2,1-2H3. The molecule has 1 N–H and O–H groups in total. The lowest BCUT2D eigenvalue weighted by Crippen LogP contribution is -2.22. The van der Waals surface area contributed by atoms with Crippen LogP contribution in [0.1, 0.15) is 18.9 Å². The van der Waals surface area contributed by atoms with Crippen LogP contribution in [0.3, 0.4) is 0 Å². The molecule has 1 fully saturated rings. The third kappa shape index (κ3) is 3.43. The normalized spacial score (nSPS) is 17.9. The van der Waals surface area contributed by atoms with E-state index in [4.69, 9.17) is 14.2 Å². The Morgan fingerprint density at radius 3 is 2.90 bits per heavy atom. The van der Waals surface area contributed by atoms with E-state index >= 15 is 0 Å². The molecular weight excluding hydrogens is 326 g/mol. The first-order valence-corrected chi connectivity index (χ1v) is 7.38. The van der Waals surface area contributed by atoms with Crippen LogP contribution in [-0.2, 0) is 16.1 Å². The zero-order chi connectivity index (χ0) is 14.5. The third-order valence-corrected chi connectivity index (χ3v) is 3.49. The molecule has 2 rings (SSSR count). The number of halogens is 1. The number of carbonyl (C=O) groups excluding carboxylic acids is 1. The molecular formula is C14H18BrNO4. The van der Waals surface area contributed by atoms with Gasteiger partial charge in [-0.1, -0.05) is 0 Å². The number of esters is 1. The van der Waals surface area contributed by atoms with Crippen molar-refractivity contribution >= 4 is 21.9 Å². The Morgan fingerprint density at radius 2 is 2.30 bits per heavy atom. The number of rotatable bonds is 6. The highest BCUT2D eigenvalue weighted by Crippen LogP contribution is 2.38. The number of benzene rings is 1. The molecule has 0 aromatic heterocycles. The minimum absolute atomic E-state index is 0.321. The molecule has 5 nitrogen and oxygen atoms in total. The fourth-order valence-corrected chi connectivity index (χ4v) is 2.61. The highest BCUT2D eigenvalue weighted by molar-refractivity contribution is 9.10. The molecule has 110 valence electrons. The number of hydrogen-bond donors (Lipinski definition) is 1. The second-order valence-electron chi connectivity index (χ2n) is 4.43. The molecule has 1 heterocycles. The van der Waals surface area contributed by atoms with Crippen molar-refractivity contribution in [2.45, 2.75) is 26.0 Å². The predicted molar refractivity (Wildman–Crippen MR) is 78.1 cm³/mol. The SMILES string of the molecule is CCOc1cc(CNC)cc(Br)c1OC1CCOC1=O. The highest BCUT2D eigenvalue weighted by Gasteiger charge is 2.30. The van der Waals surface area contributed by atoms with E-state index < -0.39 is 6.10 Å². The summed E-state index contributed by atoms with van der Waals surface area (Å²) < 4.78 is 17.1. The summed E-state index contributed by atoms with van der Waals surface area (Å²) in [7, 11) is 1.88. The Hall–Kier alpha value is -1.27. The number of carbonyl (C=O) groups is 1. The van der Waals surface area contributed by atoms with Gasteiger partial charge in [0.25, 0.3) is 0 Å². The van der Waals surface area contributed by atoms with Gasteiger partial charge >= 0.3 is 5.97 Å². The van der Waals surface area contributed by atoms with Gasteiger partial charge in [0, 0.05) is 13.0 Å². The summed E-state index contributed by atoms with van der Waals surface area (Å²) in [6.07, 6.45) is 0.00964. The van der Waals surface area contributed by atoms with Gasteiger partial charge in [0.05, 0.1) is 17.7 Å². The summed E-state index contributed by atoms with van der Waals surface area (Å²) in [6.45, 7) is 3.57. The van der Waals surface area contributed by atoms with Crippen LogP contribution in [0.5, 0.6) is 11.5 Å². The molecule has 1 aromatic carbocycles. The van der Waals surface area contributed by atoms with E-state index in [2.05, 4.69) is 21.2 Å². The Bertz CT molecular complexity index is 492. The van der Waals surface area contributed by atoms with E-state index in [0.29, 0.717) is 31.1 Å². The molecule has 1 aliphatic rings. The van der Waals surface area contributed by atoms with Gasteiger partial charge in [-0.3, -0.25) is 0 Å². The smallest absolute Gasteiger partial charge is 0.347 e. The minimum atomic E-state index is -0.555. The summed E-state index contributed by atoms with van der Waals surface area (Å²) in [5.41, 5.74) is 1.07. The fourth-order valence-electron chi connectivity index (χ4n) is 2.03. The van der Waals surface area contributed by atoms with E-state index in [1.807, 2.05) is 26.1 Å². The van der Waals surface area contributed by atoms with Crippen molar-refractivity contribution in [3.05, 3.63) is 22.2 Å². The van der Waals surface area contributed by atoms with Crippen LogP contribution in [-0.4, -0.2) is 32.3 Å². The fraction of sp³-hybridized carbons (Fsp3) is 0.500. The van der Waals surface area contributed by atoms with Crippen molar-refractivity contribution in [3.63, 3.8) is 0 Å². The molecule has 0 saturated carbocycles. The van der Waals surface area contributed by atoms with Gasteiger partial charge in [0.15, 0.2) is 17.6 Å². The van der Waals surface area contributed by atoms with Gasteiger partial charge in [-0.2, -0.15) is 0 Å². The van der Waals surface area contributed by atoms with Crippen LogP contribution in [0.2, 0.25) is 0 Å². The number of hydrogen-bond acceptors (Lipinski definition) is 5. The monoisotopic (exact) mass is 343 g/mol. The van der Waals surface area contributed by atoms with Crippen molar-refractivity contribution in [3.8, 4) is 11.5 Å². The summed E-state index contributed by atoms with van der Waals surface area (Å²) in [6, 6.07) is 3.87. The molecule has 0 amide bonds. The van der Waals surface area contributed by atoms with Crippen LogP contribution in [0, 0.1) is 0 Å². The van der Waals surface area contributed by atoms with Gasteiger partial charge in [-0.05, 0) is 47.6 Å². The molecule has 0 bridgehead atoms. The maximum Gasteiger partial charge on any atom is 0.347 e. The van der Waals surface area contributed by atoms with Gasteiger partial charge < -0.3 is 19.5 Å². The zero-order valence-corrected chi connectivity index (χ0v) is 13.2. The average molecular weight is 344 g/mol. The van der Waals surface area contributed by atoms with Gasteiger partial charge in [-0.15, -0.1) is 0 Å². The van der Waals surface area contributed by atoms with Crippen LogP contribution in [0.15, 0.2) is 16.6 Å². The van der Waals surface area contributed by atoms with E-state index in [9.17, 15) is 4.79 Å². The average Bonchev–Trinajstić information content (AvgIpc) is 2.80. The molecule has 1 saturated heterocycles. The third-order valence-electron chi connectivity index (χ3n) is 2.90. The summed E-state index contributed by atoms with van der Waals surface area (Å²) in [5.74, 6) is 0.862. The quantitative estimate of drug-likeness (QED) is 0.803. The van der Waals surface area contributed by atoms with E-state index in [-0.39, 0.29) is 5.97 Å². The van der Waals surface area contributed by atoms with Crippen LogP contribution in [0.25, 0.3) is 0 Å². The molecule has 20 heavy (non-hydrogen) atoms. The molecule has 0 radical (unpaired) electrons. The van der Waals surface area contributed by atoms with Crippen molar-refractivity contribution in [2.24, 2.45) is 0 Å². The topological polar surface area (TPSA) is 56.8 Å². The highest BCUT2D eigenvalue weighted by atomic mass is 79.9. The van der Waals surface area contributed by atoms with E-state index in [1.165, 1.54) is 0 Å².